The van der Waals surface area contributed by atoms with Crippen LogP contribution in [0.1, 0.15) is 16.7 Å². The van der Waals surface area contributed by atoms with E-state index in [1.54, 1.807) is 19.3 Å². The molecular formula is C18H18O3. The van der Waals surface area contributed by atoms with Gasteiger partial charge in [0.2, 0.25) is 0 Å². The van der Waals surface area contributed by atoms with Crippen molar-refractivity contribution in [2.75, 3.05) is 7.11 Å². The maximum absolute atomic E-state index is 11.9. The molecule has 0 bridgehead atoms. The first-order valence-electron chi connectivity index (χ1n) is 6.71. The predicted octanol–water partition coefficient (Wildman–Crippen LogP) is 3.93. The molecule has 2 rings (SSSR count). The van der Waals surface area contributed by atoms with E-state index in [1.807, 2.05) is 50.2 Å². The van der Waals surface area contributed by atoms with E-state index in [0.717, 1.165) is 16.7 Å². The molecule has 0 N–H and O–H groups in total. The van der Waals surface area contributed by atoms with Crippen LogP contribution in [0.3, 0.4) is 0 Å². The Hall–Kier alpha value is -2.55. The lowest BCUT2D eigenvalue weighted by Gasteiger charge is -2.07. The van der Waals surface area contributed by atoms with Gasteiger partial charge < -0.3 is 9.47 Å². The Morgan fingerprint density at radius 2 is 1.71 bits per heavy atom. The largest absolute Gasteiger partial charge is 0.496 e. The van der Waals surface area contributed by atoms with Gasteiger partial charge in [-0.2, -0.15) is 0 Å². The first-order chi connectivity index (χ1) is 10.1. The van der Waals surface area contributed by atoms with E-state index in [4.69, 9.17) is 9.47 Å². The summed E-state index contributed by atoms with van der Waals surface area (Å²) in [7, 11) is 1.60. The van der Waals surface area contributed by atoms with Crippen molar-refractivity contribution in [3.8, 4) is 11.5 Å². The van der Waals surface area contributed by atoms with Gasteiger partial charge in [0.15, 0.2) is 0 Å². The number of ether oxygens (including phenoxy) is 2. The molecule has 0 saturated carbocycles. The van der Waals surface area contributed by atoms with E-state index in [-0.39, 0.29) is 0 Å². The molecule has 0 aliphatic heterocycles. The number of carbonyl (C=O) groups is 1. The number of carbonyl (C=O) groups excluding carboxylic acids is 1. The van der Waals surface area contributed by atoms with Crippen LogP contribution in [0.5, 0.6) is 11.5 Å². The summed E-state index contributed by atoms with van der Waals surface area (Å²) in [5.74, 6) is 0.896. The van der Waals surface area contributed by atoms with E-state index in [9.17, 15) is 4.79 Å². The van der Waals surface area contributed by atoms with Crippen molar-refractivity contribution < 1.29 is 14.3 Å². The molecule has 3 nitrogen and oxygen atoms in total. The molecule has 21 heavy (non-hydrogen) atoms. The molecule has 0 aromatic heterocycles. The van der Waals surface area contributed by atoms with Gasteiger partial charge in [-0.05, 0) is 43.2 Å². The molecule has 2 aromatic rings. The fourth-order valence-corrected chi connectivity index (χ4v) is 1.94. The summed E-state index contributed by atoms with van der Waals surface area (Å²) in [5, 5.41) is 0. The van der Waals surface area contributed by atoms with Crippen molar-refractivity contribution in [1.29, 1.82) is 0 Å². The van der Waals surface area contributed by atoms with Crippen molar-refractivity contribution >= 4 is 12.0 Å². The Balaban J connectivity index is 2.11. The highest BCUT2D eigenvalue weighted by atomic mass is 16.5. The van der Waals surface area contributed by atoms with Crippen LogP contribution < -0.4 is 9.47 Å². The summed E-state index contributed by atoms with van der Waals surface area (Å²) in [6, 6.07) is 13.1. The summed E-state index contributed by atoms with van der Waals surface area (Å²) in [5.41, 5.74) is 2.89. The molecule has 0 aliphatic rings. The SMILES string of the molecule is COc1ccccc1C=CC(=O)Oc1cccc(C)c1C. The van der Waals surface area contributed by atoms with Gasteiger partial charge in [-0.3, -0.25) is 0 Å². The molecule has 0 heterocycles. The number of esters is 1. The molecule has 0 amide bonds. The van der Waals surface area contributed by atoms with Gasteiger partial charge in [0.25, 0.3) is 0 Å². The third-order valence-corrected chi connectivity index (χ3v) is 3.30. The van der Waals surface area contributed by atoms with Gasteiger partial charge in [-0.25, -0.2) is 4.79 Å². The Labute approximate surface area is 124 Å². The summed E-state index contributed by atoms with van der Waals surface area (Å²) in [4.78, 5) is 11.9. The number of hydrogen-bond donors (Lipinski definition) is 0. The Kier molecular flexibility index (Phi) is 4.77. The third kappa shape index (κ3) is 3.72. The van der Waals surface area contributed by atoms with Gasteiger partial charge in [0, 0.05) is 11.6 Å². The standard InChI is InChI=1S/C18H18O3/c1-13-7-6-10-16(14(13)2)21-18(19)12-11-15-8-4-5-9-17(15)20-3/h4-12H,1-3H3. The van der Waals surface area contributed by atoms with E-state index < -0.39 is 5.97 Å². The van der Waals surface area contributed by atoms with E-state index in [1.165, 1.54) is 6.08 Å². The maximum atomic E-state index is 11.9. The van der Waals surface area contributed by atoms with Crippen LogP contribution in [0.2, 0.25) is 0 Å². The number of para-hydroxylation sites is 1. The number of methoxy groups -OCH3 is 1. The Morgan fingerprint density at radius 1 is 1.00 bits per heavy atom. The van der Waals surface area contributed by atoms with Crippen LogP contribution in [0.25, 0.3) is 6.08 Å². The first-order valence-corrected chi connectivity index (χ1v) is 6.71. The van der Waals surface area contributed by atoms with Crippen LogP contribution >= 0.6 is 0 Å². The normalized spacial score (nSPS) is 10.6. The lowest BCUT2D eigenvalue weighted by Crippen LogP contribution is -2.05. The van der Waals surface area contributed by atoms with Gasteiger partial charge in [-0.15, -0.1) is 0 Å². The molecule has 0 aliphatic carbocycles. The van der Waals surface area contributed by atoms with E-state index in [2.05, 4.69) is 0 Å². The smallest absolute Gasteiger partial charge is 0.336 e. The fraction of sp³-hybridized carbons (Fsp3) is 0.167. The number of aryl methyl sites for hydroxylation is 1. The molecular weight excluding hydrogens is 264 g/mol. The molecule has 3 heteroatoms. The molecule has 108 valence electrons. The van der Waals surface area contributed by atoms with Gasteiger partial charge in [0.05, 0.1) is 7.11 Å². The van der Waals surface area contributed by atoms with E-state index in [0.29, 0.717) is 11.5 Å². The molecule has 2 aromatic carbocycles. The monoisotopic (exact) mass is 282 g/mol. The highest BCUT2D eigenvalue weighted by Gasteiger charge is 2.06. The quantitative estimate of drug-likeness (QED) is 0.484. The average molecular weight is 282 g/mol. The summed E-state index contributed by atoms with van der Waals surface area (Å²) in [6.45, 7) is 3.92. The third-order valence-electron chi connectivity index (χ3n) is 3.30. The van der Waals surface area contributed by atoms with Gasteiger partial charge >= 0.3 is 5.97 Å². The van der Waals surface area contributed by atoms with Crippen LogP contribution in [0.4, 0.5) is 0 Å². The minimum absolute atomic E-state index is 0.408. The fourth-order valence-electron chi connectivity index (χ4n) is 1.94. The van der Waals surface area contributed by atoms with Crippen molar-refractivity contribution in [1.82, 2.24) is 0 Å². The van der Waals surface area contributed by atoms with Gasteiger partial charge in [0.1, 0.15) is 11.5 Å². The number of benzene rings is 2. The molecule has 0 unspecified atom stereocenters. The molecule has 0 fully saturated rings. The summed E-state index contributed by atoms with van der Waals surface area (Å²) >= 11 is 0. The Morgan fingerprint density at radius 3 is 2.48 bits per heavy atom. The number of hydrogen-bond acceptors (Lipinski definition) is 3. The first kappa shape index (κ1) is 14.9. The lowest BCUT2D eigenvalue weighted by atomic mass is 10.1. The molecule has 0 radical (unpaired) electrons. The maximum Gasteiger partial charge on any atom is 0.336 e. The zero-order valence-electron chi connectivity index (χ0n) is 12.4. The van der Waals surface area contributed by atoms with E-state index >= 15 is 0 Å². The zero-order valence-corrected chi connectivity index (χ0v) is 12.4. The lowest BCUT2D eigenvalue weighted by molar-refractivity contribution is -0.128. The number of rotatable bonds is 4. The summed E-state index contributed by atoms with van der Waals surface area (Å²) in [6.07, 6.45) is 3.09. The van der Waals surface area contributed by atoms with Crippen molar-refractivity contribution in [2.45, 2.75) is 13.8 Å². The van der Waals surface area contributed by atoms with Crippen LogP contribution in [0, 0.1) is 13.8 Å². The van der Waals surface area contributed by atoms with Crippen molar-refractivity contribution in [2.24, 2.45) is 0 Å². The zero-order chi connectivity index (χ0) is 15.2. The van der Waals surface area contributed by atoms with Crippen LogP contribution in [-0.4, -0.2) is 13.1 Å². The second-order valence-corrected chi connectivity index (χ2v) is 4.69. The molecule has 0 spiro atoms. The Bertz CT molecular complexity index is 672. The van der Waals surface area contributed by atoms with Crippen molar-refractivity contribution in [3.63, 3.8) is 0 Å². The minimum Gasteiger partial charge on any atom is -0.496 e. The average Bonchev–Trinajstić information content (AvgIpc) is 2.50. The van der Waals surface area contributed by atoms with Crippen molar-refractivity contribution in [3.05, 3.63) is 65.2 Å². The highest BCUT2D eigenvalue weighted by Crippen LogP contribution is 2.21. The summed E-state index contributed by atoms with van der Waals surface area (Å²) < 4.78 is 10.6. The highest BCUT2D eigenvalue weighted by molar-refractivity contribution is 5.89. The second-order valence-electron chi connectivity index (χ2n) is 4.69. The van der Waals surface area contributed by atoms with Crippen LogP contribution in [-0.2, 0) is 4.79 Å². The molecule has 0 atom stereocenters. The second kappa shape index (κ2) is 6.75. The topological polar surface area (TPSA) is 35.5 Å². The van der Waals surface area contributed by atoms with Gasteiger partial charge in [-0.1, -0.05) is 30.3 Å². The molecule has 0 saturated heterocycles. The predicted molar refractivity (Wildman–Crippen MR) is 83.6 cm³/mol. The minimum atomic E-state index is -0.408. The van der Waals surface area contributed by atoms with Crippen LogP contribution in [0.15, 0.2) is 48.5 Å².